The van der Waals surface area contributed by atoms with E-state index in [4.69, 9.17) is 11.2 Å². The average molecular weight is 336 g/mol. The number of nitrogens with one attached hydrogen (secondary N) is 1. The molecule has 0 amide bonds. The fourth-order valence-electron chi connectivity index (χ4n) is 2.64. The third kappa shape index (κ3) is 3.98. The lowest BCUT2D eigenvalue weighted by atomic mass is 10.0. The van der Waals surface area contributed by atoms with E-state index in [0.717, 1.165) is 25.5 Å². The molecule has 1 heterocycles. The number of halogens is 3. The van der Waals surface area contributed by atoms with Crippen molar-refractivity contribution in [2.45, 2.75) is 32.0 Å². The molecule has 1 N–H and O–H groups in total. The first kappa shape index (κ1) is 18.1. The van der Waals surface area contributed by atoms with E-state index in [-0.39, 0.29) is 11.6 Å². The molecule has 1 aliphatic rings. The van der Waals surface area contributed by atoms with Crippen molar-refractivity contribution in [3.8, 4) is 12.3 Å². The molecule has 24 heavy (non-hydrogen) atoms. The monoisotopic (exact) mass is 336 g/mol. The van der Waals surface area contributed by atoms with E-state index in [0.29, 0.717) is 17.2 Å². The Bertz CT molecular complexity index is 693. The van der Waals surface area contributed by atoms with Crippen LogP contribution in [0.2, 0.25) is 0 Å². The quantitative estimate of drug-likeness (QED) is 0.517. The van der Waals surface area contributed by atoms with Gasteiger partial charge in [-0.2, -0.15) is 13.2 Å². The molecule has 1 unspecified atom stereocenters. The Morgan fingerprint density at radius 2 is 2.21 bits per heavy atom. The van der Waals surface area contributed by atoms with Crippen LogP contribution in [-0.4, -0.2) is 25.6 Å². The van der Waals surface area contributed by atoms with Crippen molar-refractivity contribution in [1.82, 2.24) is 5.32 Å². The van der Waals surface area contributed by atoms with Crippen molar-refractivity contribution in [2.24, 2.45) is 4.99 Å². The minimum atomic E-state index is -4.52. The summed E-state index contributed by atoms with van der Waals surface area (Å²) < 4.78 is 44.8. The largest absolute Gasteiger partial charge is 0.483 e. The van der Waals surface area contributed by atoms with Crippen molar-refractivity contribution in [2.75, 3.05) is 13.7 Å². The molecular formula is C18H19F3N2O. The van der Waals surface area contributed by atoms with Crippen molar-refractivity contribution in [3.05, 3.63) is 41.0 Å². The molecule has 0 bridgehead atoms. The maximum atomic E-state index is 13.2. The fourth-order valence-corrected chi connectivity index (χ4v) is 2.64. The van der Waals surface area contributed by atoms with Gasteiger partial charge in [0.1, 0.15) is 0 Å². The normalized spacial score (nSPS) is 19.2. The number of hydrogen-bond donors (Lipinski definition) is 1. The second kappa shape index (κ2) is 7.54. The van der Waals surface area contributed by atoms with Gasteiger partial charge in [-0.25, -0.2) is 4.99 Å². The molecule has 1 fully saturated rings. The zero-order valence-electron chi connectivity index (χ0n) is 13.6. The first-order valence-corrected chi connectivity index (χ1v) is 7.61. The summed E-state index contributed by atoms with van der Waals surface area (Å²) in [5, 5.41) is 3.25. The van der Waals surface area contributed by atoms with Crippen LogP contribution in [0.1, 0.15) is 36.5 Å². The number of aliphatic imine (C=N–C) groups is 1. The molecule has 1 aromatic rings. The zero-order valence-corrected chi connectivity index (χ0v) is 13.6. The highest BCUT2D eigenvalue weighted by molar-refractivity contribution is 5.88. The van der Waals surface area contributed by atoms with Gasteiger partial charge in [0.05, 0.1) is 24.4 Å². The van der Waals surface area contributed by atoms with Gasteiger partial charge in [0.2, 0.25) is 5.90 Å². The van der Waals surface area contributed by atoms with Crippen LogP contribution in [0.5, 0.6) is 0 Å². The molecule has 3 nitrogen and oxygen atoms in total. The summed E-state index contributed by atoms with van der Waals surface area (Å²) in [5.41, 5.74) is -0.267. The number of methoxy groups -OCH3 is 1. The lowest BCUT2D eigenvalue weighted by Crippen LogP contribution is -2.32. The molecule has 1 atom stereocenters. The molecule has 1 aromatic carbocycles. The van der Waals surface area contributed by atoms with E-state index in [1.807, 2.05) is 0 Å². The number of rotatable bonds is 3. The van der Waals surface area contributed by atoms with Crippen molar-refractivity contribution in [3.63, 3.8) is 0 Å². The van der Waals surface area contributed by atoms with Crippen molar-refractivity contribution >= 4 is 11.6 Å². The first-order valence-electron chi connectivity index (χ1n) is 7.61. The van der Waals surface area contributed by atoms with Gasteiger partial charge in [-0.1, -0.05) is 18.1 Å². The molecule has 1 aliphatic heterocycles. The van der Waals surface area contributed by atoms with Gasteiger partial charge in [0.25, 0.3) is 0 Å². The van der Waals surface area contributed by atoms with Crippen LogP contribution in [0.4, 0.5) is 13.2 Å². The van der Waals surface area contributed by atoms with E-state index in [1.54, 1.807) is 19.1 Å². The summed E-state index contributed by atoms with van der Waals surface area (Å²) in [6, 6.07) is 3.84. The van der Waals surface area contributed by atoms with Crippen LogP contribution in [-0.2, 0) is 10.9 Å². The van der Waals surface area contributed by atoms with Gasteiger partial charge < -0.3 is 10.1 Å². The summed E-state index contributed by atoms with van der Waals surface area (Å²) >= 11 is 0. The molecule has 0 aliphatic carbocycles. The maximum absolute atomic E-state index is 13.2. The van der Waals surface area contributed by atoms with Gasteiger partial charge in [-0.3, -0.25) is 0 Å². The molecule has 128 valence electrons. The summed E-state index contributed by atoms with van der Waals surface area (Å²) in [7, 11) is 1.51. The summed E-state index contributed by atoms with van der Waals surface area (Å²) in [6.45, 7) is 2.59. The van der Waals surface area contributed by atoms with E-state index in [2.05, 4.69) is 16.2 Å². The molecule has 1 saturated heterocycles. The van der Waals surface area contributed by atoms with E-state index in [9.17, 15) is 13.2 Å². The molecule has 0 spiro atoms. The fraction of sp³-hybridized carbons (Fsp3) is 0.389. The number of nitrogens with zero attached hydrogens (tertiary/aromatic N) is 1. The van der Waals surface area contributed by atoms with Gasteiger partial charge in [0.15, 0.2) is 0 Å². The number of hydrogen-bond acceptors (Lipinski definition) is 3. The predicted octanol–water partition coefficient (Wildman–Crippen LogP) is 3.84. The number of benzene rings is 1. The Kier molecular flexibility index (Phi) is 5.68. The Labute approximate surface area is 139 Å². The Morgan fingerprint density at radius 1 is 1.46 bits per heavy atom. The Hall–Kier alpha value is -2.26. The molecule has 6 heteroatoms. The highest BCUT2D eigenvalue weighted by Gasteiger charge is 2.33. The zero-order chi connectivity index (χ0) is 17.7. The van der Waals surface area contributed by atoms with Crippen LogP contribution >= 0.6 is 0 Å². The number of allylic oxidation sites excluding steroid dienone is 1. The lowest BCUT2D eigenvalue weighted by Gasteiger charge is -2.15. The topological polar surface area (TPSA) is 33.6 Å². The maximum Gasteiger partial charge on any atom is 0.417 e. The van der Waals surface area contributed by atoms with E-state index >= 15 is 0 Å². The van der Waals surface area contributed by atoms with Gasteiger partial charge >= 0.3 is 6.18 Å². The highest BCUT2D eigenvalue weighted by atomic mass is 19.4. The third-order valence-corrected chi connectivity index (χ3v) is 3.85. The van der Waals surface area contributed by atoms with Crippen LogP contribution in [0.15, 0.2) is 29.3 Å². The smallest absolute Gasteiger partial charge is 0.417 e. The predicted molar refractivity (Wildman–Crippen MR) is 88.5 cm³/mol. The summed E-state index contributed by atoms with van der Waals surface area (Å²) in [4.78, 5) is 4.42. The van der Waals surface area contributed by atoms with E-state index in [1.165, 1.54) is 13.2 Å². The minimum absolute atomic E-state index is 0.0166. The molecular weight excluding hydrogens is 317 g/mol. The lowest BCUT2D eigenvalue weighted by molar-refractivity contribution is -0.137. The number of terminal acetylenes is 1. The highest BCUT2D eigenvalue weighted by Crippen LogP contribution is 2.34. The van der Waals surface area contributed by atoms with Gasteiger partial charge in [-0.15, -0.1) is 6.42 Å². The molecule has 0 radical (unpaired) electrons. The second-order valence-corrected chi connectivity index (χ2v) is 5.38. The molecule has 0 saturated carbocycles. The first-order chi connectivity index (χ1) is 11.4. The summed E-state index contributed by atoms with van der Waals surface area (Å²) in [6.07, 6.45) is 4.20. The standard InChI is InChI=1S/C18H19F3N2O/c1-4-12-8-9-13(11-14(12)18(19,20)21)15(5-2)23-17(24-3)16-7-6-10-22-16/h1,5,8-9,11,16,22H,6-7,10H2,2-3H3/b15-5-,23-17?. The van der Waals surface area contributed by atoms with Crippen LogP contribution in [0, 0.1) is 12.3 Å². The third-order valence-electron chi connectivity index (χ3n) is 3.85. The minimum Gasteiger partial charge on any atom is -0.483 e. The summed E-state index contributed by atoms with van der Waals surface area (Å²) in [5.74, 6) is 2.54. The molecule has 0 aromatic heterocycles. The number of alkyl halides is 3. The van der Waals surface area contributed by atoms with Crippen LogP contribution < -0.4 is 5.32 Å². The van der Waals surface area contributed by atoms with Gasteiger partial charge in [0, 0.05) is 11.1 Å². The van der Waals surface area contributed by atoms with E-state index < -0.39 is 11.7 Å². The molecule has 2 rings (SSSR count). The van der Waals surface area contributed by atoms with Crippen LogP contribution in [0.3, 0.4) is 0 Å². The second-order valence-electron chi connectivity index (χ2n) is 5.38. The Balaban J connectivity index is 2.43. The Morgan fingerprint density at radius 3 is 2.71 bits per heavy atom. The van der Waals surface area contributed by atoms with Crippen molar-refractivity contribution < 1.29 is 17.9 Å². The average Bonchev–Trinajstić information content (AvgIpc) is 3.09. The van der Waals surface area contributed by atoms with Crippen LogP contribution in [0.25, 0.3) is 5.70 Å². The van der Waals surface area contributed by atoms with Gasteiger partial charge in [-0.05, 0) is 38.4 Å². The van der Waals surface area contributed by atoms with Crippen molar-refractivity contribution in [1.29, 1.82) is 0 Å². The SMILES string of the molecule is C#Cc1ccc(/C(=C/C)N=C(OC)C2CCCN2)cc1C(F)(F)F. The number of ether oxygens (including phenoxy) is 1.